The van der Waals surface area contributed by atoms with Gasteiger partial charge in [-0.05, 0) is 13.8 Å². The van der Waals surface area contributed by atoms with E-state index in [0.717, 1.165) is 0 Å². The second-order valence-electron chi connectivity index (χ2n) is 3.23. The Labute approximate surface area is 115 Å². The van der Waals surface area contributed by atoms with Crippen LogP contribution in [0.25, 0.3) is 0 Å². The molecule has 0 saturated heterocycles. The molecule has 116 valence electrons. The lowest BCUT2D eigenvalue weighted by atomic mass is 10.9. The predicted octanol–water partition coefficient (Wildman–Crippen LogP) is 4.43. The lowest BCUT2D eigenvalue weighted by molar-refractivity contribution is 0.298. The molecule has 0 spiro atoms. The van der Waals surface area contributed by atoms with E-state index in [2.05, 4.69) is 12.6 Å². The summed E-state index contributed by atoms with van der Waals surface area (Å²) < 4.78 is 20.2. The third kappa shape index (κ3) is 18.8. The Balaban J connectivity index is -0.0000000980. The Morgan fingerprint density at radius 3 is 1.06 bits per heavy atom. The van der Waals surface area contributed by atoms with Gasteiger partial charge in [0.2, 0.25) is 0 Å². The molecule has 0 aromatic carbocycles. The number of rotatable bonds is 6. The van der Waals surface area contributed by atoms with E-state index in [1.165, 1.54) is 0 Å². The highest BCUT2D eigenvalue weighted by atomic mass is 31.2. The van der Waals surface area contributed by atoms with E-state index in [0.29, 0.717) is 13.2 Å². The van der Waals surface area contributed by atoms with Gasteiger partial charge in [-0.25, -0.2) is 0 Å². The van der Waals surface area contributed by atoms with Crippen LogP contribution < -0.4 is 0 Å². The standard InChI is InChI=1S/2C5H13O2P.2CH4/c2*1-5-7-8(3,4)6-2;;/h2*3,5H2,1-2,4H3;2*1H4. The van der Waals surface area contributed by atoms with Crippen LogP contribution >= 0.6 is 14.7 Å². The Morgan fingerprint density at radius 2 is 1.00 bits per heavy atom. The van der Waals surface area contributed by atoms with Crippen LogP contribution in [0.4, 0.5) is 0 Å². The molecule has 0 fully saturated rings. The molecule has 0 aliphatic rings. The maximum absolute atomic E-state index is 5.16. The molecular formula is C12H34O4P2. The van der Waals surface area contributed by atoms with Gasteiger partial charge in [0.05, 0.1) is 13.2 Å². The molecule has 0 heterocycles. The van der Waals surface area contributed by atoms with Gasteiger partial charge in [0.15, 0.2) is 0 Å². The molecule has 0 aliphatic carbocycles. The van der Waals surface area contributed by atoms with Gasteiger partial charge in [-0.1, -0.05) is 27.5 Å². The van der Waals surface area contributed by atoms with Crippen molar-refractivity contribution in [3.63, 3.8) is 0 Å². The van der Waals surface area contributed by atoms with E-state index in [1.807, 2.05) is 27.2 Å². The molecule has 0 aliphatic heterocycles. The topological polar surface area (TPSA) is 36.9 Å². The fraction of sp³-hybridized carbons (Fsp3) is 0.833. The molecule has 2 atom stereocenters. The lowest BCUT2D eigenvalue weighted by Gasteiger charge is -2.15. The minimum absolute atomic E-state index is 0. The summed E-state index contributed by atoms with van der Waals surface area (Å²) in [6.07, 6.45) is 7.49. The molecule has 0 bridgehead atoms. The first-order valence-corrected chi connectivity index (χ1v) is 9.58. The second kappa shape index (κ2) is 13.9. The molecule has 0 amide bonds. The average molecular weight is 304 g/mol. The van der Waals surface area contributed by atoms with E-state index in [-0.39, 0.29) is 14.9 Å². The number of hydrogen-bond acceptors (Lipinski definition) is 4. The lowest BCUT2D eigenvalue weighted by Crippen LogP contribution is -1.88. The summed E-state index contributed by atoms with van der Waals surface area (Å²) in [6.45, 7) is 9.00. The van der Waals surface area contributed by atoms with Crippen LogP contribution in [0.1, 0.15) is 28.7 Å². The highest BCUT2D eigenvalue weighted by Gasteiger charge is 2.01. The first-order chi connectivity index (χ1) is 7.24. The van der Waals surface area contributed by atoms with Gasteiger partial charge < -0.3 is 18.1 Å². The Hall–Kier alpha value is 0.440. The summed E-state index contributed by atoms with van der Waals surface area (Å²) in [5.74, 6) is 0. The average Bonchev–Trinajstić information content (AvgIpc) is 2.19. The smallest absolute Gasteiger partial charge is 0.114 e. The summed E-state index contributed by atoms with van der Waals surface area (Å²) in [4.78, 5) is 0. The van der Waals surface area contributed by atoms with Crippen molar-refractivity contribution in [2.24, 2.45) is 0 Å². The van der Waals surface area contributed by atoms with E-state index in [4.69, 9.17) is 18.1 Å². The van der Waals surface area contributed by atoms with Crippen molar-refractivity contribution in [1.29, 1.82) is 0 Å². The van der Waals surface area contributed by atoms with Gasteiger partial charge in [0, 0.05) is 27.5 Å². The van der Waals surface area contributed by atoms with Gasteiger partial charge in [-0.2, -0.15) is 0 Å². The molecule has 0 aromatic rings. The zero-order valence-electron chi connectivity index (χ0n) is 11.4. The van der Waals surface area contributed by atoms with E-state index in [9.17, 15) is 0 Å². The molecular weight excluding hydrogens is 270 g/mol. The van der Waals surface area contributed by atoms with Crippen LogP contribution in [-0.4, -0.2) is 53.4 Å². The molecule has 0 aromatic heterocycles. The zero-order valence-corrected chi connectivity index (χ0v) is 13.1. The fourth-order valence-electron chi connectivity index (χ4n) is 0.652. The Kier molecular flexibility index (Phi) is 20.7. The fourth-order valence-corrected chi connectivity index (χ4v) is 1.95. The van der Waals surface area contributed by atoms with Gasteiger partial charge >= 0.3 is 0 Å². The van der Waals surface area contributed by atoms with E-state index in [1.54, 1.807) is 14.2 Å². The first-order valence-electron chi connectivity index (χ1n) is 5.07. The van der Waals surface area contributed by atoms with Gasteiger partial charge in [0.1, 0.15) is 14.7 Å². The van der Waals surface area contributed by atoms with Crippen LogP contribution in [0, 0.1) is 0 Å². The normalized spacial score (nSPS) is 15.9. The van der Waals surface area contributed by atoms with E-state index >= 15 is 0 Å². The van der Waals surface area contributed by atoms with Crippen LogP contribution in [0.3, 0.4) is 0 Å². The molecule has 2 unspecified atom stereocenters. The molecule has 4 nitrogen and oxygen atoms in total. The van der Waals surface area contributed by atoms with Gasteiger partial charge in [-0.3, -0.25) is 0 Å². The Morgan fingerprint density at radius 1 is 0.778 bits per heavy atom. The summed E-state index contributed by atoms with van der Waals surface area (Å²) >= 11 is 0. The zero-order chi connectivity index (χ0) is 13.2. The second-order valence-corrected chi connectivity index (χ2v) is 8.53. The van der Waals surface area contributed by atoms with Crippen molar-refractivity contribution in [2.75, 3.05) is 40.8 Å². The van der Waals surface area contributed by atoms with Crippen LogP contribution in [0.15, 0.2) is 0 Å². The highest BCUT2D eigenvalue weighted by molar-refractivity contribution is 7.63. The molecule has 0 saturated carbocycles. The number of hydrogen-bond donors (Lipinski definition) is 0. The van der Waals surface area contributed by atoms with Crippen molar-refractivity contribution in [3.8, 4) is 0 Å². The first kappa shape index (κ1) is 26.9. The molecule has 0 N–H and O–H groups in total. The van der Waals surface area contributed by atoms with Crippen molar-refractivity contribution >= 4 is 27.3 Å². The molecule has 6 heteroatoms. The third-order valence-corrected chi connectivity index (χ3v) is 4.73. The predicted molar refractivity (Wildman–Crippen MR) is 90.7 cm³/mol. The summed E-state index contributed by atoms with van der Waals surface area (Å²) in [5.41, 5.74) is 0. The minimum atomic E-state index is -1.67. The third-order valence-electron chi connectivity index (χ3n) is 1.58. The van der Waals surface area contributed by atoms with Crippen LogP contribution in [0.5, 0.6) is 0 Å². The molecule has 0 radical (unpaired) electrons. The van der Waals surface area contributed by atoms with Crippen LogP contribution in [0.2, 0.25) is 0 Å². The minimum Gasteiger partial charge on any atom is -0.341 e. The van der Waals surface area contributed by atoms with Crippen molar-refractivity contribution < 1.29 is 18.1 Å². The van der Waals surface area contributed by atoms with E-state index < -0.39 is 14.7 Å². The maximum atomic E-state index is 5.16. The van der Waals surface area contributed by atoms with Crippen molar-refractivity contribution in [2.45, 2.75) is 28.7 Å². The molecule has 0 rings (SSSR count). The van der Waals surface area contributed by atoms with Gasteiger partial charge in [-0.15, -0.1) is 0 Å². The SMILES string of the molecule is C.C.C=P(C)(OC)OCC.C=P(C)(OC)OCC. The summed E-state index contributed by atoms with van der Waals surface area (Å²) in [6, 6.07) is 0. The molecule has 18 heavy (non-hydrogen) atoms. The van der Waals surface area contributed by atoms with Crippen LogP contribution in [-0.2, 0) is 18.1 Å². The quantitative estimate of drug-likeness (QED) is 0.680. The van der Waals surface area contributed by atoms with Crippen molar-refractivity contribution in [1.82, 2.24) is 0 Å². The highest BCUT2D eigenvalue weighted by Crippen LogP contribution is 2.41. The summed E-state index contributed by atoms with van der Waals surface area (Å²) in [7, 11) is -0.104. The monoisotopic (exact) mass is 304 g/mol. The van der Waals surface area contributed by atoms with Crippen molar-refractivity contribution in [3.05, 3.63) is 0 Å². The summed E-state index contributed by atoms with van der Waals surface area (Å²) in [5, 5.41) is 0. The van der Waals surface area contributed by atoms with Gasteiger partial charge in [0.25, 0.3) is 0 Å². The maximum Gasteiger partial charge on any atom is 0.114 e. The Bertz CT molecular complexity index is 228. The largest absolute Gasteiger partial charge is 0.341 e.